The van der Waals surface area contributed by atoms with Crippen LogP contribution in [0.2, 0.25) is 0 Å². The predicted molar refractivity (Wildman–Crippen MR) is 33.0 cm³/mol. The number of alkyl halides is 1. The van der Waals surface area contributed by atoms with Gasteiger partial charge in [0.25, 0.3) is 0 Å². The second-order valence-electron chi connectivity index (χ2n) is 2.59. The monoisotopic (exact) mass is 133 g/mol. The van der Waals surface area contributed by atoms with Crippen LogP contribution in [0.4, 0.5) is 4.39 Å². The molecule has 3 unspecified atom stereocenters. The highest BCUT2D eigenvalue weighted by molar-refractivity contribution is 4.87. The van der Waals surface area contributed by atoms with Crippen molar-refractivity contribution in [1.29, 1.82) is 0 Å². The first kappa shape index (κ1) is 6.96. The van der Waals surface area contributed by atoms with Crippen LogP contribution >= 0.6 is 0 Å². The van der Waals surface area contributed by atoms with E-state index >= 15 is 0 Å². The van der Waals surface area contributed by atoms with E-state index in [9.17, 15) is 4.39 Å². The van der Waals surface area contributed by atoms with Crippen molar-refractivity contribution in [3.05, 3.63) is 0 Å². The summed E-state index contributed by atoms with van der Waals surface area (Å²) in [5.41, 5.74) is 0. The molecule has 1 saturated heterocycles. The maximum absolute atomic E-state index is 12.6. The minimum absolute atomic E-state index is 0.0185. The molecule has 1 rings (SSSR count). The summed E-state index contributed by atoms with van der Waals surface area (Å²) in [6.45, 7) is 1.84. The maximum Gasteiger partial charge on any atom is 0.117 e. The van der Waals surface area contributed by atoms with Gasteiger partial charge in [-0.15, -0.1) is 0 Å². The lowest BCUT2D eigenvalue weighted by Crippen LogP contribution is -2.31. The van der Waals surface area contributed by atoms with Crippen molar-refractivity contribution in [2.45, 2.75) is 31.6 Å². The first-order valence-electron chi connectivity index (χ1n) is 3.25. The minimum Gasteiger partial charge on any atom is -0.395 e. The van der Waals surface area contributed by atoms with Crippen molar-refractivity contribution in [3.8, 4) is 0 Å². The van der Waals surface area contributed by atoms with Gasteiger partial charge in [0.15, 0.2) is 0 Å². The zero-order valence-electron chi connectivity index (χ0n) is 5.47. The highest BCUT2D eigenvalue weighted by Gasteiger charge is 2.29. The molecule has 54 valence electrons. The quantitative estimate of drug-likeness (QED) is 0.530. The summed E-state index contributed by atoms with van der Waals surface area (Å²) in [6, 6.07) is -0.0999. The Bertz CT molecular complexity index is 89.1. The van der Waals surface area contributed by atoms with E-state index in [1.165, 1.54) is 0 Å². The third-order valence-corrected chi connectivity index (χ3v) is 1.77. The lowest BCUT2D eigenvalue weighted by atomic mass is 10.2. The van der Waals surface area contributed by atoms with E-state index in [-0.39, 0.29) is 18.7 Å². The Morgan fingerprint density at radius 2 is 2.44 bits per heavy atom. The topological polar surface area (TPSA) is 32.3 Å². The Kier molecular flexibility index (Phi) is 2.03. The molecule has 2 nitrogen and oxygen atoms in total. The molecule has 1 aliphatic heterocycles. The molecule has 0 aromatic rings. The average molecular weight is 133 g/mol. The number of aliphatic hydroxyl groups is 1. The molecule has 0 aromatic carbocycles. The SMILES string of the molecule is CC1NC(CO)CC1F. The van der Waals surface area contributed by atoms with Gasteiger partial charge in [-0.05, 0) is 13.3 Å². The van der Waals surface area contributed by atoms with E-state index in [4.69, 9.17) is 5.11 Å². The van der Waals surface area contributed by atoms with Crippen molar-refractivity contribution >= 4 is 0 Å². The van der Waals surface area contributed by atoms with Gasteiger partial charge in [-0.25, -0.2) is 4.39 Å². The second kappa shape index (κ2) is 2.62. The summed E-state index contributed by atoms with van der Waals surface area (Å²) >= 11 is 0. The summed E-state index contributed by atoms with van der Waals surface area (Å²) in [5.74, 6) is 0. The largest absolute Gasteiger partial charge is 0.395 e. The lowest BCUT2D eigenvalue weighted by Gasteiger charge is -2.05. The standard InChI is InChI=1S/C6H12FNO/c1-4-6(7)2-5(3-9)8-4/h4-6,8-9H,2-3H2,1H3. The summed E-state index contributed by atoms with van der Waals surface area (Å²) in [7, 11) is 0. The molecule has 0 aliphatic carbocycles. The molecule has 1 fully saturated rings. The summed E-state index contributed by atoms with van der Waals surface area (Å²) in [6.07, 6.45) is -0.320. The molecule has 3 heteroatoms. The van der Waals surface area contributed by atoms with E-state index in [1.54, 1.807) is 6.92 Å². The van der Waals surface area contributed by atoms with Gasteiger partial charge in [0.2, 0.25) is 0 Å². The summed E-state index contributed by atoms with van der Waals surface area (Å²) in [4.78, 5) is 0. The normalized spacial score (nSPS) is 43.7. The highest BCUT2D eigenvalue weighted by Crippen LogP contribution is 2.15. The van der Waals surface area contributed by atoms with Gasteiger partial charge < -0.3 is 10.4 Å². The zero-order valence-corrected chi connectivity index (χ0v) is 5.47. The first-order valence-corrected chi connectivity index (χ1v) is 3.25. The number of hydrogen-bond acceptors (Lipinski definition) is 2. The molecular weight excluding hydrogens is 121 g/mol. The van der Waals surface area contributed by atoms with Gasteiger partial charge >= 0.3 is 0 Å². The third kappa shape index (κ3) is 1.40. The molecule has 1 heterocycles. The fourth-order valence-electron chi connectivity index (χ4n) is 1.15. The van der Waals surface area contributed by atoms with Crippen LogP contribution in [0.1, 0.15) is 13.3 Å². The molecule has 2 N–H and O–H groups in total. The van der Waals surface area contributed by atoms with Crippen molar-refractivity contribution < 1.29 is 9.50 Å². The molecule has 9 heavy (non-hydrogen) atoms. The number of aliphatic hydroxyl groups excluding tert-OH is 1. The summed E-state index contributed by atoms with van der Waals surface area (Å²) in [5, 5.41) is 11.5. The summed E-state index contributed by atoms with van der Waals surface area (Å²) < 4.78 is 12.6. The molecule has 3 atom stereocenters. The highest BCUT2D eigenvalue weighted by atomic mass is 19.1. The van der Waals surface area contributed by atoms with Gasteiger partial charge in [-0.3, -0.25) is 0 Å². The van der Waals surface area contributed by atoms with Gasteiger partial charge in [0.05, 0.1) is 6.61 Å². The fourth-order valence-corrected chi connectivity index (χ4v) is 1.15. The lowest BCUT2D eigenvalue weighted by molar-refractivity contribution is 0.248. The van der Waals surface area contributed by atoms with Crippen LogP contribution < -0.4 is 5.32 Å². The van der Waals surface area contributed by atoms with Crippen LogP contribution in [0.15, 0.2) is 0 Å². The van der Waals surface area contributed by atoms with Gasteiger partial charge in [-0.1, -0.05) is 0 Å². The van der Waals surface area contributed by atoms with E-state index in [0.29, 0.717) is 6.42 Å². The van der Waals surface area contributed by atoms with Crippen LogP contribution in [0, 0.1) is 0 Å². The van der Waals surface area contributed by atoms with E-state index in [1.807, 2.05) is 0 Å². The molecule has 0 amide bonds. The number of rotatable bonds is 1. The Morgan fingerprint density at radius 3 is 2.67 bits per heavy atom. The Labute approximate surface area is 54.1 Å². The fraction of sp³-hybridized carbons (Fsp3) is 1.00. The average Bonchev–Trinajstić information content (AvgIpc) is 2.13. The minimum atomic E-state index is -0.776. The van der Waals surface area contributed by atoms with Crippen molar-refractivity contribution in [3.63, 3.8) is 0 Å². The zero-order chi connectivity index (χ0) is 6.85. The van der Waals surface area contributed by atoms with Crippen molar-refractivity contribution in [2.75, 3.05) is 6.61 Å². The Balaban J connectivity index is 2.35. The van der Waals surface area contributed by atoms with Crippen molar-refractivity contribution in [2.24, 2.45) is 0 Å². The Hall–Kier alpha value is -0.150. The van der Waals surface area contributed by atoms with E-state index in [0.717, 1.165) is 0 Å². The van der Waals surface area contributed by atoms with E-state index < -0.39 is 6.17 Å². The first-order chi connectivity index (χ1) is 4.24. The molecule has 0 bridgehead atoms. The molecule has 1 aliphatic rings. The van der Waals surface area contributed by atoms with Gasteiger partial charge in [0, 0.05) is 12.1 Å². The Morgan fingerprint density at radius 1 is 1.78 bits per heavy atom. The number of nitrogens with one attached hydrogen (secondary N) is 1. The van der Waals surface area contributed by atoms with Crippen LogP contribution in [-0.4, -0.2) is 30.0 Å². The molecule has 0 saturated carbocycles. The van der Waals surface area contributed by atoms with Crippen LogP contribution in [0.5, 0.6) is 0 Å². The van der Waals surface area contributed by atoms with Crippen LogP contribution in [0.3, 0.4) is 0 Å². The smallest absolute Gasteiger partial charge is 0.117 e. The molecule has 0 aromatic heterocycles. The maximum atomic E-state index is 12.6. The third-order valence-electron chi connectivity index (χ3n) is 1.77. The van der Waals surface area contributed by atoms with Gasteiger partial charge in [-0.2, -0.15) is 0 Å². The molecule has 0 radical (unpaired) electrons. The van der Waals surface area contributed by atoms with Crippen molar-refractivity contribution in [1.82, 2.24) is 5.32 Å². The predicted octanol–water partition coefficient (Wildman–Crippen LogP) is 0.0672. The second-order valence-corrected chi connectivity index (χ2v) is 2.59. The van der Waals surface area contributed by atoms with Gasteiger partial charge in [0.1, 0.15) is 6.17 Å². The molecular formula is C6H12FNO. The van der Waals surface area contributed by atoms with Crippen LogP contribution in [0.25, 0.3) is 0 Å². The van der Waals surface area contributed by atoms with Crippen LogP contribution in [-0.2, 0) is 0 Å². The molecule has 0 spiro atoms. The number of hydrogen-bond donors (Lipinski definition) is 2. The van der Waals surface area contributed by atoms with E-state index in [2.05, 4.69) is 5.32 Å². The number of halogens is 1.